The summed E-state index contributed by atoms with van der Waals surface area (Å²) in [5.74, 6) is -3.62. The van der Waals surface area contributed by atoms with Gasteiger partial charge in [-0.05, 0) is 48.8 Å². The van der Waals surface area contributed by atoms with Gasteiger partial charge in [0.05, 0.1) is 22.5 Å². The predicted octanol–water partition coefficient (Wildman–Crippen LogP) is 8.71. The lowest BCUT2D eigenvalue weighted by atomic mass is 9.74. The van der Waals surface area contributed by atoms with Crippen molar-refractivity contribution >= 4 is 74.2 Å². The second kappa shape index (κ2) is 17.6. The number of rotatable bonds is 10. The lowest BCUT2D eigenvalue weighted by molar-refractivity contribution is -0.153. The Hall–Kier alpha value is -7.60. The molecule has 2 amide bonds. The molecule has 0 spiro atoms. The summed E-state index contributed by atoms with van der Waals surface area (Å²) in [6.45, 7) is 5.58. The second-order valence-corrected chi connectivity index (χ2v) is 16.3. The van der Waals surface area contributed by atoms with Crippen LogP contribution < -0.4 is 10.2 Å². The van der Waals surface area contributed by atoms with Gasteiger partial charge in [-0.3, -0.25) is 24.0 Å². The summed E-state index contributed by atoms with van der Waals surface area (Å²) in [6, 6.07) is 34.1. The highest BCUT2D eigenvalue weighted by molar-refractivity contribution is 6.50. The molecular weight excluding hydrogens is 809 g/mol. The fraction of sp³-hybridized carbons (Fsp3) is 0.231. The van der Waals surface area contributed by atoms with E-state index in [0.717, 1.165) is 74.2 Å². The van der Waals surface area contributed by atoms with Crippen LogP contribution in [0.4, 0.5) is 11.4 Å². The number of ketones is 1. The van der Waals surface area contributed by atoms with E-state index in [-0.39, 0.29) is 33.9 Å². The third-order valence-corrected chi connectivity index (χ3v) is 12.1. The number of carbonyl (C=O) groups is 5. The number of nitrogens with one attached hydrogen (secondary N) is 1. The van der Waals surface area contributed by atoms with Crippen LogP contribution in [-0.2, 0) is 33.4 Å². The molecule has 2 aliphatic heterocycles. The monoisotopic (exact) mass is 854 g/mol. The number of allylic oxidation sites excluding steroid dienone is 4. The third kappa shape index (κ3) is 7.87. The number of ether oxygens (including phenoxy) is 2. The predicted molar refractivity (Wildman–Crippen MR) is 245 cm³/mol. The molecule has 5 aromatic rings. The first-order valence-electron chi connectivity index (χ1n) is 21.6. The first-order valence-corrected chi connectivity index (χ1v) is 21.6. The summed E-state index contributed by atoms with van der Waals surface area (Å²) in [5, 5.41) is 16.9. The van der Waals surface area contributed by atoms with E-state index in [0.29, 0.717) is 27.6 Å². The highest BCUT2D eigenvalue weighted by Crippen LogP contribution is 2.50. The number of hydrogen-bond donors (Lipinski definition) is 2. The van der Waals surface area contributed by atoms with Gasteiger partial charge in [0.25, 0.3) is 11.8 Å². The SMILES string of the molecule is CC(=O)OC(C(=O)N=C1C=C(N2CCCC2)c2ccccc2/C1=C1/C(=O)C(c2c(NC(=O)C(OC(C)=O)c3ccccc3)cc(N3CCCC3)c3ccccc23)=C1O)c1ccccc1. The zero-order valence-corrected chi connectivity index (χ0v) is 35.5. The molecule has 322 valence electrons. The Bertz CT molecular complexity index is 2850. The number of esters is 2. The van der Waals surface area contributed by atoms with Gasteiger partial charge in [-0.15, -0.1) is 0 Å². The third-order valence-electron chi connectivity index (χ3n) is 12.1. The summed E-state index contributed by atoms with van der Waals surface area (Å²) in [6.07, 6.45) is 3.00. The molecule has 64 heavy (non-hydrogen) atoms. The lowest BCUT2D eigenvalue weighted by Crippen LogP contribution is -2.30. The molecule has 2 unspecified atom stereocenters. The minimum Gasteiger partial charge on any atom is -0.506 e. The van der Waals surface area contributed by atoms with E-state index in [4.69, 9.17) is 9.47 Å². The number of Topliss-reactive ketones (excluding diaryl/α,β-unsaturated/α-hetero) is 1. The number of nitrogens with zero attached hydrogens (tertiary/aromatic N) is 3. The van der Waals surface area contributed by atoms with Gasteiger partial charge in [0.1, 0.15) is 5.76 Å². The van der Waals surface area contributed by atoms with Gasteiger partial charge in [0.2, 0.25) is 18.0 Å². The van der Waals surface area contributed by atoms with E-state index >= 15 is 4.79 Å². The van der Waals surface area contributed by atoms with E-state index in [1.54, 1.807) is 66.7 Å². The normalized spacial score (nSPS) is 18.6. The molecule has 0 saturated carbocycles. The molecule has 0 radical (unpaired) electrons. The van der Waals surface area contributed by atoms with Crippen LogP contribution in [0, 0.1) is 0 Å². The van der Waals surface area contributed by atoms with Gasteiger partial charge in [0.15, 0.2) is 0 Å². The molecule has 0 bridgehead atoms. The van der Waals surface area contributed by atoms with E-state index < -0.39 is 41.7 Å². The van der Waals surface area contributed by atoms with Crippen LogP contribution in [0.1, 0.15) is 79.6 Å². The molecule has 5 aromatic carbocycles. The van der Waals surface area contributed by atoms with Crippen molar-refractivity contribution < 1.29 is 38.6 Å². The Kier molecular flexibility index (Phi) is 11.5. The molecule has 4 aliphatic rings. The van der Waals surface area contributed by atoms with Crippen molar-refractivity contribution in [3.8, 4) is 0 Å². The summed E-state index contributed by atoms with van der Waals surface area (Å²) in [7, 11) is 0. The van der Waals surface area contributed by atoms with E-state index in [2.05, 4.69) is 20.1 Å². The smallest absolute Gasteiger partial charge is 0.303 e. The zero-order chi connectivity index (χ0) is 44.5. The molecule has 9 rings (SSSR count). The maximum Gasteiger partial charge on any atom is 0.303 e. The number of aliphatic imine (C=N–C) groups is 1. The zero-order valence-electron chi connectivity index (χ0n) is 35.5. The number of anilines is 2. The quantitative estimate of drug-likeness (QED) is 0.103. The van der Waals surface area contributed by atoms with Crippen LogP contribution in [0.15, 0.2) is 138 Å². The van der Waals surface area contributed by atoms with Crippen LogP contribution in [-0.4, -0.2) is 71.4 Å². The van der Waals surface area contributed by atoms with Crippen LogP contribution in [0.25, 0.3) is 27.6 Å². The van der Waals surface area contributed by atoms with Crippen molar-refractivity contribution in [2.45, 2.75) is 51.7 Å². The van der Waals surface area contributed by atoms with Gasteiger partial charge in [-0.25, -0.2) is 4.99 Å². The van der Waals surface area contributed by atoms with E-state index in [9.17, 15) is 24.3 Å². The fourth-order valence-electron chi connectivity index (χ4n) is 9.22. The first kappa shape index (κ1) is 41.7. The fourth-order valence-corrected chi connectivity index (χ4v) is 9.22. The van der Waals surface area contributed by atoms with Crippen molar-refractivity contribution in [1.29, 1.82) is 0 Å². The number of likely N-dealkylation sites (tertiary alicyclic amines) is 1. The Balaban J connectivity index is 1.25. The van der Waals surface area contributed by atoms with Gasteiger partial charge in [-0.2, -0.15) is 0 Å². The standard InChI is InChI=1S/C52H46N4O8/c1-31(57)63-49(33-17-5-3-6-18-33)51(61)53-39-29-41(55-25-13-14-26-55)35-21-9-11-23-37(35)43(39)45-47(59)46(48(45)60)44-38-24-12-10-22-36(38)42(56-27-15-16-28-56)30-40(44)54-52(62)50(64-32(2)58)34-19-7-4-8-20-34/h3-12,17-24,29-30,49-50,59H,13-16,25-28H2,1-2H3,(H,53,61)/b46-44-,54-40?. The minimum atomic E-state index is -1.37. The van der Waals surface area contributed by atoms with Gasteiger partial charge in [-0.1, -0.05) is 109 Å². The average molecular weight is 855 g/mol. The molecule has 2 fully saturated rings. The maximum atomic E-state index is 15.2. The number of aliphatic hydroxyl groups is 1. The Morgan fingerprint density at radius 3 is 1.78 bits per heavy atom. The molecule has 2 aliphatic carbocycles. The number of carbonyl (C=O) groups excluding carboxylic acids is 5. The number of fused-ring (bicyclic) bond motifs is 2. The molecule has 2 atom stereocenters. The van der Waals surface area contributed by atoms with Crippen molar-refractivity contribution in [3.05, 3.63) is 160 Å². The second-order valence-electron chi connectivity index (χ2n) is 16.3. The minimum absolute atomic E-state index is 0.0368. The largest absolute Gasteiger partial charge is 0.506 e. The summed E-state index contributed by atoms with van der Waals surface area (Å²) in [4.78, 5) is 77.6. The average Bonchev–Trinajstić information content (AvgIpc) is 4.05. The Morgan fingerprint density at radius 2 is 1.17 bits per heavy atom. The Labute approximate surface area is 370 Å². The van der Waals surface area contributed by atoms with Gasteiger partial charge < -0.3 is 29.7 Å². The molecule has 2 N–H and O–H groups in total. The highest BCUT2D eigenvalue weighted by atomic mass is 16.6. The molecular formula is C52H46N4O8. The lowest BCUT2D eigenvalue weighted by Gasteiger charge is -2.33. The summed E-state index contributed by atoms with van der Waals surface area (Å²) in [5.41, 5.74) is 4.75. The van der Waals surface area contributed by atoms with Crippen molar-refractivity contribution in [2.75, 3.05) is 36.4 Å². The van der Waals surface area contributed by atoms with Crippen LogP contribution in [0.5, 0.6) is 0 Å². The van der Waals surface area contributed by atoms with Crippen molar-refractivity contribution in [1.82, 2.24) is 4.90 Å². The summed E-state index contributed by atoms with van der Waals surface area (Å²) < 4.78 is 11.1. The number of amides is 2. The number of benzene rings is 5. The van der Waals surface area contributed by atoms with Crippen LogP contribution in [0.3, 0.4) is 0 Å². The highest BCUT2D eigenvalue weighted by Gasteiger charge is 2.43. The summed E-state index contributed by atoms with van der Waals surface area (Å²) >= 11 is 0. The topological polar surface area (TPSA) is 155 Å². The van der Waals surface area contributed by atoms with Gasteiger partial charge >= 0.3 is 11.9 Å². The van der Waals surface area contributed by atoms with Gasteiger partial charge in [0, 0.05) is 84.6 Å². The molecule has 2 heterocycles. The Morgan fingerprint density at radius 1 is 0.641 bits per heavy atom. The van der Waals surface area contributed by atoms with Crippen LogP contribution >= 0.6 is 0 Å². The van der Waals surface area contributed by atoms with Crippen molar-refractivity contribution in [3.63, 3.8) is 0 Å². The van der Waals surface area contributed by atoms with Crippen LogP contribution in [0.2, 0.25) is 0 Å². The number of aliphatic hydroxyl groups excluding tert-OH is 1. The first-order chi connectivity index (χ1) is 31.1. The molecule has 2 saturated heterocycles. The molecule has 12 nitrogen and oxygen atoms in total. The van der Waals surface area contributed by atoms with E-state index in [1.807, 2.05) is 54.6 Å². The number of hydrogen-bond acceptors (Lipinski definition) is 10. The molecule has 12 heteroatoms. The van der Waals surface area contributed by atoms with Crippen molar-refractivity contribution in [2.24, 2.45) is 4.99 Å². The van der Waals surface area contributed by atoms with E-state index in [1.165, 1.54) is 13.8 Å². The maximum absolute atomic E-state index is 15.2. The molecule has 0 aromatic heterocycles.